The Balaban J connectivity index is 1.78. The Morgan fingerprint density at radius 3 is 3.17 bits per heavy atom. The van der Waals surface area contributed by atoms with Crippen molar-refractivity contribution in [3.63, 3.8) is 0 Å². The summed E-state index contributed by atoms with van der Waals surface area (Å²) in [4.78, 5) is 15.1. The van der Waals surface area contributed by atoms with E-state index in [-0.39, 0.29) is 0 Å². The SMILES string of the molecule is NC(=O)c1cccc(NCC[C@@H]2CCCOC2)n1. The molecular formula is C13H19N3O2. The molecule has 1 atom stereocenters. The van der Waals surface area contributed by atoms with Crippen LogP contribution in [0.15, 0.2) is 18.2 Å². The molecule has 0 unspecified atom stereocenters. The average Bonchev–Trinajstić information content (AvgIpc) is 2.40. The Morgan fingerprint density at radius 1 is 1.56 bits per heavy atom. The Morgan fingerprint density at radius 2 is 2.44 bits per heavy atom. The molecular weight excluding hydrogens is 230 g/mol. The number of amides is 1. The second kappa shape index (κ2) is 6.35. The summed E-state index contributed by atoms with van der Waals surface area (Å²) in [5.74, 6) is 0.827. The largest absolute Gasteiger partial charge is 0.381 e. The van der Waals surface area contributed by atoms with Gasteiger partial charge in [0.2, 0.25) is 0 Å². The number of rotatable bonds is 5. The molecule has 2 rings (SSSR count). The molecule has 0 bridgehead atoms. The minimum atomic E-state index is -0.501. The van der Waals surface area contributed by atoms with Crippen molar-refractivity contribution in [2.45, 2.75) is 19.3 Å². The van der Waals surface area contributed by atoms with Gasteiger partial charge in [-0.2, -0.15) is 0 Å². The van der Waals surface area contributed by atoms with E-state index in [0.717, 1.165) is 32.6 Å². The van der Waals surface area contributed by atoms with Gasteiger partial charge >= 0.3 is 0 Å². The van der Waals surface area contributed by atoms with Crippen LogP contribution in [0.5, 0.6) is 0 Å². The number of aromatic nitrogens is 1. The molecule has 0 aliphatic carbocycles. The zero-order valence-electron chi connectivity index (χ0n) is 10.4. The molecule has 1 fully saturated rings. The molecule has 2 heterocycles. The van der Waals surface area contributed by atoms with Crippen molar-refractivity contribution in [2.24, 2.45) is 11.7 Å². The van der Waals surface area contributed by atoms with Crippen LogP contribution in [0.4, 0.5) is 5.82 Å². The highest BCUT2D eigenvalue weighted by molar-refractivity contribution is 5.91. The highest BCUT2D eigenvalue weighted by atomic mass is 16.5. The third kappa shape index (κ3) is 3.70. The lowest BCUT2D eigenvalue weighted by Gasteiger charge is -2.22. The highest BCUT2D eigenvalue weighted by Crippen LogP contribution is 2.17. The molecule has 5 heteroatoms. The van der Waals surface area contributed by atoms with Crippen molar-refractivity contribution >= 4 is 11.7 Å². The molecule has 18 heavy (non-hydrogen) atoms. The fourth-order valence-electron chi connectivity index (χ4n) is 2.11. The molecule has 1 aliphatic rings. The number of nitrogens with one attached hydrogen (secondary N) is 1. The van der Waals surface area contributed by atoms with Crippen LogP contribution in [0, 0.1) is 5.92 Å². The molecule has 1 aromatic rings. The summed E-state index contributed by atoms with van der Waals surface area (Å²) in [7, 11) is 0. The summed E-state index contributed by atoms with van der Waals surface area (Å²) in [6.07, 6.45) is 3.44. The first kappa shape index (κ1) is 12.8. The monoisotopic (exact) mass is 249 g/mol. The smallest absolute Gasteiger partial charge is 0.267 e. The lowest BCUT2D eigenvalue weighted by molar-refractivity contribution is 0.0530. The molecule has 1 amide bonds. The van der Waals surface area contributed by atoms with Gasteiger partial charge < -0.3 is 15.8 Å². The van der Waals surface area contributed by atoms with Gasteiger partial charge in [-0.05, 0) is 37.3 Å². The first-order valence-corrected chi connectivity index (χ1v) is 6.34. The molecule has 1 saturated heterocycles. The van der Waals surface area contributed by atoms with E-state index in [1.165, 1.54) is 6.42 Å². The van der Waals surface area contributed by atoms with E-state index in [1.54, 1.807) is 12.1 Å². The van der Waals surface area contributed by atoms with Crippen LogP contribution < -0.4 is 11.1 Å². The molecule has 0 radical (unpaired) electrons. The molecule has 98 valence electrons. The van der Waals surface area contributed by atoms with Gasteiger partial charge in [0.1, 0.15) is 11.5 Å². The third-order valence-corrected chi connectivity index (χ3v) is 3.11. The van der Waals surface area contributed by atoms with Gasteiger partial charge in [-0.1, -0.05) is 6.07 Å². The van der Waals surface area contributed by atoms with Crippen LogP contribution in [0.25, 0.3) is 0 Å². The van der Waals surface area contributed by atoms with Gasteiger partial charge in [0, 0.05) is 19.8 Å². The van der Waals surface area contributed by atoms with E-state index >= 15 is 0 Å². The summed E-state index contributed by atoms with van der Waals surface area (Å²) in [5, 5.41) is 3.21. The summed E-state index contributed by atoms with van der Waals surface area (Å²) < 4.78 is 5.43. The second-order valence-electron chi connectivity index (χ2n) is 4.57. The Kier molecular flexibility index (Phi) is 4.52. The van der Waals surface area contributed by atoms with Crippen molar-refractivity contribution in [3.8, 4) is 0 Å². The number of hydrogen-bond acceptors (Lipinski definition) is 4. The van der Waals surface area contributed by atoms with Gasteiger partial charge in [0.25, 0.3) is 5.91 Å². The Bertz CT molecular complexity index is 403. The van der Waals surface area contributed by atoms with Crippen LogP contribution in [-0.2, 0) is 4.74 Å². The van der Waals surface area contributed by atoms with Crippen LogP contribution in [-0.4, -0.2) is 30.6 Å². The van der Waals surface area contributed by atoms with Gasteiger partial charge in [-0.25, -0.2) is 4.98 Å². The number of anilines is 1. The topological polar surface area (TPSA) is 77.2 Å². The second-order valence-corrected chi connectivity index (χ2v) is 4.57. The van der Waals surface area contributed by atoms with E-state index in [1.807, 2.05) is 6.07 Å². The number of carbonyl (C=O) groups excluding carboxylic acids is 1. The van der Waals surface area contributed by atoms with Gasteiger partial charge in [0.15, 0.2) is 0 Å². The summed E-state index contributed by atoms with van der Waals surface area (Å²) in [5.41, 5.74) is 5.48. The number of nitrogens with two attached hydrogens (primary N) is 1. The van der Waals surface area contributed by atoms with Gasteiger partial charge in [-0.15, -0.1) is 0 Å². The minimum absolute atomic E-state index is 0.293. The molecule has 0 spiro atoms. The van der Waals surface area contributed by atoms with Crippen LogP contribution in [0.3, 0.4) is 0 Å². The van der Waals surface area contributed by atoms with E-state index in [9.17, 15) is 4.79 Å². The van der Waals surface area contributed by atoms with E-state index < -0.39 is 5.91 Å². The van der Waals surface area contributed by atoms with Gasteiger partial charge in [-0.3, -0.25) is 4.79 Å². The maximum atomic E-state index is 11.0. The van der Waals surface area contributed by atoms with Crippen LogP contribution in [0.2, 0.25) is 0 Å². The zero-order valence-corrected chi connectivity index (χ0v) is 10.4. The fraction of sp³-hybridized carbons (Fsp3) is 0.538. The van der Waals surface area contributed by atoms with Crippen molar-refractivity contribution in [1.29, 1.82) is 0 Å². The first-order chi connectivity index (χ1) is 8.75. The van der Waals surface area contributed by atoms with Crippen molar-refractivity contribution in [3.05, 3.63) is 23.9 Å². The van der Waals surface area contributed by atoms with Crippen LogP contribution in [0.1, 0.15) is 29.8 Å². The van der Waals surface area contributed by atoms with E-state index in [4.69, 9.17) is 10.5 Å². The number of hydrogen-bond donors (Lipinski definition) is 2. The predicted octanol–water partition coefficient (Wildman–Crippen LogP) is 1.41. The standard InChI is InChI=1S/C13H19N3O2/c14-13(17)11-4-1-5-12(16-11)15-7-6-10-3-2-8-18-9-10/h1,4-5,10H,2-3,6-9H2,(H2,14,17)(H,15,16)/t10-/m0/s1. The zero-order chi connectivity index (χ0) is 12.8. The molecule has 0 aromatic carbocycles. The summed E-state index contributed by atoms with van der Waals surface area (Å²) >= 11 is 0. The summed E-state index contributed by atoms with van der Waals surface area (Å²) in [6.45, 7) is 2.59. The van der Waals surface area contributed by atoms with Crippen molar-refractivity contribution < 1.29 is 9.53 Å². The highest BCUT2D eigenvalue weighted by Gasteiger charge is 2.13. The Hall–Kier alpha value is -1.62. The Labute approximate surface area is 107 Å². The van der Waals surface area contributed by atoms with Crippen molar-refractivity contribution in [2.75, 3.05) is 25.1 Å². The molecule has 3 N–H and O–H groups in total. The number of primary amides is 1. The molecule has 1 aromatic heterocycles. The molecule has 1 aliphatic heterocycles. The predicted molar refractivity (Wildman–Crippen MR) is 69.4 cm³/mol. The number of ether oxygens (including phenoxy) is 1. The van der Waals surface area contributed by atoms with Crippen LogP contribution >= 0.6 is 0 Å². The lowest BCUT2D eigenvalue weighted by Crippen LogP contribution is -2.20. The summed E-state index contributed by atoms with van der Waals surface area (Å²) in [6, 6.07) is 5.23. The van der Waals surface area contributed by atoms with Crippen molar-refractivity contribution in [1.82, 2.24) is 4.98 Å². The normalized spacial score (nSPS) is 19.4. The maximum Gasteiger partial charge on any atom is 0.267 e. The van der Waals surface area contributed by atoms with E-state index in [2.05, 4.69) is 10.3 Å². The number of carbonyl (C=O) groups is 1. The average molecular weight is 249 g/mol. The third-order valence-electron chi connectivity index (χ3n) is 3.11. The fourth-order valence-corrected chi connectivity index (χ4v) is 2.11. The van der Waals surface area contributed by atoms with Gasteiger partial charge in [0.05, 0.1) is 0 Å². The maximum absolute atomic E-state index is 11.0. The number of pyridine rings is 1. The molecule has 5 nitrogen and oxygen atoms in total. The molecule has 0 saturated carbocycles. The number of nitrogens with zero attached hydrogens (tertiary/aromatic N) is 1. The lowest BCUT2D eigenvalue weighted by atomic mass is 9.99. The first-order valence-electron chi connectivity index (χ1n) is 6.34. The van der Waals surface area contributed by atoms with E-state index in [0.29, 0.717) is 17.4 Å². The minimum Gasteiger partial charge on any atom is -0.381 e. The quantitative estimate of drug-likeness (QED) is 0.827.